The van der Waals surface area contributed by atoms with E-state index in [-0.39, 0.29) is 19.1 Å². The minimum Gasteiger partial charge on any atom is -0.378 e. The van der Waals surface area contributed by atoms with E-state index in [2.05, 4.69) is 10.3 Å². The molecule has 22 heavy (non-hydrogen) atoms. The molecule has 0 spiro atoms. The molecule has 1 atom stereocenters. The van der Waals surface area contributed by atoms with Gasteiger partial charge in [0.1, 0.15) is 5.69 Å². The minimum absolute atomic E-state index is 0.107. The number of alkyl halides is 3. The highest BCUT2D eigenvalue weighted by molar-refractivity contribution is 7.89. The molecule has 7 nitrogen and oxygen atoms in total. The van der Waals surface area contributed by atoms with Crippen molar-refractivity contribution in [1.29, 1.82) is 0 Å². The van der Waals surface area contributed by atoms with Crippen LogP contribution in [0.15, 0.2) is 6.20 Å². The summed E-state index contributed by atoms with van der Waals surface area (Å²) in [5.74, 6) is -0.921. The van der Waals surface area contributed by atoms with Gasteiger partial charge < -0.3 is 4.74 Å². The van der Waals surface area contributed by atoms with E-state index in [0.717, 1.165) is 4.31 Å². The molecule has 11 heteroatoms. The third kappa shape index (κ3) is 4.40. The van der Waals surface area contributed by atoms with Crippen LogP contribution in [-0.2, 0) is 21.4 Å². The van der Waals surface area contributed by atoms with Crippen molar-refractivity contribution < 1.29 is 26.3 Å². The van der Waals surface area contributed by atoms with Crippen LogP contribution in [0.1, 0.15) is 24.6 Å². The van der Waals surface area contributed by atoms with Crippen LogP contribution in [0.3, 0.4) is 0 Å². The summed E-state index contributed by atoms with van der Waals surface area (Å²) in [5.41, 5.74) is 0.612. The Hall–Kier alpha value is -1.20. The molecule has 1 saturated heterocycles. The highest BCUT2D eigenvalue weighted by Gasteiger charge is 2.36. The topological polar surface area (TPSA) is 77.3 Å². The molecule has 0 radical (unpaired) electrons. The third-order valence-corrected chi connectivity index (χ3v) is 5.23. The maximum atomic E-state index is 12.2. The van der Waals surface area contributed by atoms with E-state index in [1.54, 1.807) is 6.20 Å². The molecule has 1 aliphatic heterocycles. The average Bonchev–Trinajstić information content (AvgIpc) is 3.04. The fraction of sp³-hybridized carbons (Fsp3) is 0.818. The molecule has 2 heterocycles. The summed E-state index contributed by atoms with van der Waals surface area (Å²) in [4.78, 5) is 0. The van der Waals surface area contributed by atoms with Crippen molar-refractivity contribution in [3.05, 3.63) is 11.9 Å². The number of ether oxygens (including phenoxy) is 1. The first-order chi connectivity index (χ1) is 10.2. The van der Waals surface area contributed by atoms with Crippen LogP contribution in [0.5, 0.6) is 0 Å². The molecule has 0 amide bonds. The van der Waals surface area contributed by atoms with Crippen LogP contribution in [-0.4, -0.2) is 59.8 Å². The van der Waals surface area contributed by atoms with Crippen LogP contribution in [0.2, 0.25) is 0 Å². The average molecular weight is 342 g/mol. The standard InChI is InChI=1S/C11H17F3N4O3S/c1-21-8-9-6-18(16-15-9)10-2-4-17(7-10)22(19,20)5-3-11(12,13)14/h6,10H,2-5,7-8H2,1H3/t10-/m0/s1. The molecular formula is C11H17F3N4O3S. The van der Waals surface area contributed by atoms with Gasteiger partial charge in [0.2, 0.25) is 10.0 Å². The first-order valence-corrected chi connectivity index (χ1v) is 8.26. The Balaban J connectivity index is 1.96. The molecule has 1 fully saturated rings. The van der Waals surface area contributed by atoms with Crippen molar-refractivity contribution in [2.75, 3.05) is 26.0 Å². The summed E-state index contributed by atoms with van der Waals surface area (Å²) in [6.45, 7) is 0.584. The first kappa shape index (κ1) is 17.2. The Morgan fingerprint density at radius 3 is 2.82 bits per heavy atom. The number of rotatable bonds is 6. The van der Waals surface area contributed by atoms with E-state index in [4.69, 9.17) is 4.74 Å². The van der Waals surface area contributed by atoms with Crippen molar-refractivity contribution >= 4 is 10.0 Å². The van der Waals surface area contributed by atoms with Crippen LogP contribution >= 0.6 is 0 Å². The number of halogens is 3. The Kier molecular flexibility index (Phi) is 5.07. The van der Waals surface area contributed by atoms with Gasteiger partial charge in [0.05, 0.1) is 31.0 Å². The molecule has 1 aliphatic rings. The van der Waals surface area contributed by atoms with E-state index in [9.17, 15) is 21.6 Å². The van der Waals surface area contributed by atoms with Gasteiger partial charge in [0.25, 0.3) is 0 Å². The lowest BCUT2D eigenvalue weighted by molar-refractivity contribution is -0.130. The Morgan fingerprint density at radius 1 is 1.45 bits per heavy atom. The number of hydrogen-bond donors (Lipinski definition) is 0. The molecule has 1 aromatic rings. The van der Waals surface area contributed by atoms with Crippen molar-refractivity contribution in [2.24, 2.45) is 0 Å². The van der Waals surface area contributed by atoms with Gasteiger partial charge in [-0.1, -0.05) is 5.21 Å². The van der Waals surface area contributed by atoms with E-state index >= 15 is 0 Å². The fourth-order valence-electron chi connectivity index (χ4n) is 2.26. The monoisotopic (exact) mass is 342 g/mol. The SMILES string of the molecule is COCc1cn([C@H]2CCN(S(=O)(=O)CCC(F)(F)F)C2)nn1. The second-order valence-corrected chi connectivity index (χ2v) is 7.19. The molecule has 0 aromatic carbocycles. The summed E-state index contributed by atoms with van der Waals surface area (Å²) in [7, 11) is -2.39. The summed E-state index contributed by atoms with van der Waals surface area (Å²) in [6.07, 6.45) is -3.67. The first-order valence-electron chi connectivity index (χ1n) is 6.65. The molecule has 0 bridgehead atoms. The van der Waals surface area contributed by atoms with E-state index < -0.39 is 28.4 Å². The van der Waals surface area contributed by atoms with Crippen molar-refractivity contribution in [3.8, 4) is 0 Å². The maximum absolute atomic E-state index is 12.2. The predicted octanol–water partition coefficient (Wildman–Crippen LogP) is 0.954. The van der Waals surface area contributed by atoms with Gasteiger partial charge in [-0.15, -0.1) is 5.10 Å². The fourth-order valence-corrected chi connectivity index (χ4v) is 3.79. The van der Waals surface area contributed by atoms with Crippen LogP contribution in [0.4, 0.5) is 13.2 Å². The second kappa shape index (κ2) is 6.50. The quantitative estimate of drug-likeness (QED) is 0.769. The molecule has 1 aromatic heterocycles. The highest BCUT2D eigenvalue weighted by atomic mass is 32.2. The molecule has 0 unspecified atom stereocenters. The molecule has 0 N–H and O–H groups in total. The van der Waals surface area contributed by atoms with Gasteiger partial charge in [0, 0.05) is 20.2 Å². The number of nitrogens with zero attached hydrogens (tertiary/aromatic N) is 4. The van der Waals surface area contributed by atoms with Crippen molar-refractivity contribution in [3.63, 3.8) is 0 Å². The van der Waals surface area contributed by atoms with Crippen LogP contribution in [0, 0.1) is 0 Å². The number of methoxy groups -OCH3 is 1. The van der Waals surface area contributed by atoms with Crippen molar-refractivity contribution in [1.82, 2.24) is 19.3 Å². The van der Waals surface area contributed by atoms with E-state index in [1.807, 2.05) is 0 Å². The molecular weight excluding hydrogens is 325 g/mol. The largest absolute Gasteiger partial charge is 0.390 e. The van der Waals surface area contributed by atoms with E-state index in [1.165, 1.54) is 11.8 Å². The normalized spacial score (nSPS) is 20.6. The van der Waals surface area contributed by atoms with E-state index in [0.29, 0.717) is 18.7 Å². The number of aromatic nitrogens is 3. The lowest BCUT2D eigenvalue weighted by Gasteiger charge is -2.17. The van der Waals surface area contributed by atoms with Gasteiger partial charge in [-0.05, 0) is 6.42 Å². The van der Waals surface area contributed by atoms with Gasteiger partial charge in [-0.25, -0.2) is 13.1 Å². The smallest absolute Gasteiger partial charge is 0.378 e. The summed E-state index contributed by atoms with van der Waals surface area (Å²) < 4.78 is 67.9. The van der Waals surface area contributed by atoms with Crippen LogP contribution in [0.25, 0.3) is 0 Å². The summed E-state index contributed by atoms with van der Waals surface area (Å²) >= 11 is 0. The van der Waals surface area contributed by atoms with Crippen LogP contribution < -0.4 is 0 Å². The maximum Gasteiger partial charge on any atom is 0.390 e. The van der Waals surface area contributed by atoms with Gasteiger partial charge in [0.15, 0.2) is 0 Å². The molecule has 126 valence electrons. The zero-order valence-electron chi connectivity index (χ0n) is 12.0. The lowest BCUT2D eigenvalue weighted by Crippen LogP contribution is -2.33. The van der Waals surface area contributed by atoms with Crippen molar-refractivity contribution in [2.45, 2.75) is 31.7 Å². The summed E-state index contributed by atoms with van der Waals surface area (Å²) in [5, 5.41) is 7.78. The molecule has 0 aliphatic carbocycles. The lowest BCUT2D eigenvalue weighted by atomic mass is 10.3. The zero-order chi connectivity index (χ0) is 16.4. The number of sulfonamides is 1. The molecule has 2 rings (SSSR count). The van der Waals surface area contributed by atoms with Gasteiger partial charge >= 0.3 is 6.18 Å². The number of hydrogen-bond acceptors (Lipinski definition) is 5. The predicted molar refractivity (Wildman–Crippen MR) is 70.4 cm³/mol. The molecule has 0 saturated carbocycles. The highest BCUT2D eigenvalue weighted by Crippen LogP contribution is 2.26. The van der Waals surface area contributed by atoms with Gasteiger partial charge in [-0.3, -0.25) is 0 Å². The van der Waals surface area contributed by atoms with Gasteiger partial charge in [-0.2, -0.15) is 17.5 Å². The zero-order valence-corrected chi connectivity index (χ0v) is 12.8. The summed E-state index contributed by atoms with van der Waals surface area (Å²) in [6, 6.07) is -0.223. The Bertz CT molecular complexity index is 602. The Labute approximate surface area is 126 Å². The minimum atomic E-state index is -4.48. The third-order valence-electron chi connectivity index (χ3n) is 3.39. The second-order valence-electron chi connectivity index (χ2n) is 5.10. The Morgan fingerprint density at radius 2 is 2.18 bits per heavy atom.